The fourth-order valence-corrected chi connectivity index (χ4v) is 2.79. The Morgan fingerprint density at radius 1 is 1.20 bits per heavy atom. The van der Waals surface area contributed by atoms with Gasteiger partial charge in [0.25, 0.3) is 0 Å². The predicted octanol–water partition coefficient (Wildman–Crippen LogP) is 1.98. The molecule has 0 bridgehead atoms. The van der Waals surface area contributed by atoms with Crippen molar-refractivity contribution in [1.29, 1.82) is 0 Å². The van der Waals surface area contributed by atoms with E-state index < -0.39 is 0 Å². The van der Waals surface area contributed by atoms with Gasteiger partial charge in [0, 0.05) is 25.5 Å². The summed E-state index contributed by atoms with van der Waals surface area (Å²) in [6.45, 7) is 0.593. The summed E-state index contributed by atoms with van der Waals surface area (Å²) >= 11 is 1.24. The van der Waals surface area contributed by atoms with Crippen molar-refractivity contribution in [2.75, 3.05) is 23.4 Å². The number of aromatic nitrogens is 2. The van der Waals surface area contributed by atoms with Crippen LogP contribution in [0.25, 0.3) is 0 Å². The second-order valence-corrected chi connectivity index (χ2v) is 6.51. The van der Waals surface area contributed by atoms with Gasteiger partial charge < -0.3 is 10.6 Å². The Hall–Kier alpha value is -2.35. The number of carbonyl (C=O) groups excluding carboxylic acids is 2. The Kier molecular flexibility index (Phi) is 7.46. The third-order valence-electron chi connectivity index (χ3n) is 3.32. The van der Waals surface area contributed by atoms with Crippen molar-refractivity contribution in [1.82, 2.24) is 15.1 Å². The fraction of sp³-hybridized carbons (Fsp3) is 0.353. The van der Waals surface area contributed by atoms with Crippen LogP contribution in [0.1, 0.15) is 12.0 Å². The molecule has 1 heterocycles. The number of benzene rings is 1. The summed E-state index contributed by atoms with van der Waals surface area (Å²) in [5, 5.41) is 9.57. The highest BCUT2D eigenvalue weighted by atomic mass is 32.2. The van der Waals surface area contributed by atoms with Gasteiger partial charge in [-0.15, -0.1) is 11.8 Å². The van der Waals surface area contributed by atoms with E-state index in [0.29, 0.717) is 12.2 Å². The van der Waals surface area contributed by atoms with Gasteiger partial charge in [0.1, 0.15) is 5.82 Å². The van der Waals surface area contributed by atoms with E-state index >= 15 is 0 Å². The van der Waals surface area contributed by atoms with E-state index in [1.807, 2.05) is 19.4 Å². The number of carbonyl (C=O) groups is 2. The van der Waals surface area contributed by atoms with E-state index in [-0.39, 0.29) is 29.1 Å². The highest BCUT2D eigenvalue weighted by Crippen LogP contribution is 2.09. The van der Waals surface area contributed by atoms with Crippen LogP contribution < -0.4 is 10.6 Å². The molecule has 0 saturated heterocycles. The summed E-state index contributed by atoms with van der Waals surface area (Å²) in [4.78, 5) is 23.4. The molecular weight excluding hydrogens is 343 g/mol. The minimum absolute atomic E-state index is 0.0919. The van der Waals surface area contributed by atoms with E-state index in [1.54, 1.807) is 4.68 Å². The van der Waals surface area contributed by atoms with Gasteiger partial charge in [-0.25, -0.2) is 4.39 Å². The molecule has 0 unspecified atom stereocenters. The van der Waals surface area contributed by atoms with Crippen LogP contribution in [0, 0.1) is 5.82 Å². The van der Waals surface area contributed by atoms with E-state index in [4.69, 9.17) is 0 Å². The number of aryl methyl sites for hydroxylation is 2. The van der Waals surface area contributed by atoms with Crippen molar-refractivity contribution in [3.63, 3.8) is 0 Å². The number of rotatable bonds is 9. The van der Waals surface area contributed by atoms with Crippen molar-refractivity contribution in [2.24, 2.45) is 7.05 Å². The van der Waals surface area contributed by atoms with Crippen molar-refractivity contribution >= 4 is 29.3 Å². The number of hydrogen-bond acceptors (Lipinski definition) is 4. The largest absolute Gasteiger partial charge is 0.355 e. The molecular formula is C17H21FN4O2S. The van der Waals surface area contributed by atoms with Gasteiger partial charge in [-0.1, -0.05) is 0 Å². The molecule has 1 aromatic carbocycles. The molecule has 0 aliphatic heterocycles. The molecule has 0 spiro atoms. The first kappa shape index (κ1) is 19.0. The van der Waals surface area contributed by atoms with Gasteiger partial charge in [0.05, 0.1) is 17.7 Å². The smallest absolute Gasteiger partial charge is 0.234 e. The van der Waals surface area contributed by atoms with Crippen molar-refractivity contribution in [3.8, 4) is 0 Å². The fourth-order valence-electron chi connectivity index (χ4n) is 2.14. The zero-order valence-electron chi connectivity index (χ0n) is 14.0. The van der Waals surface area contributed by atoms with Gasteiger partial charge in [-0.3, -0.25) is 14.3 Å². The molecule has 0 saturated carbocycles. The summed E-state index contributed by atoms with van der Waals surface area (Å²) in [5.41, 5.74) is 1.68. The lowest BCUT2D eigenvalue weighted by Crippen LogP contribution is -2.27. The summed E-state index contributed by atoms with van der Waals surface area (Å²) in [6, 6.07) is 5.54. The number of hydrogen-bond donors (Lipinski definition) is 2. The third kappa shape index (κ3) is 7.38. The van der Waals surface area contributed by atoms with Crippen LogP contribution in [0.15, 0.2) is 36.7 Å². The maximum atomic E-state index is 12.8. The molecule has 8 heteroatoms. The molecule has 0 aliphatic rings. The Morgan fingerprint density at radius 2 is 1.92 bits per heavy atom. The van der Waals surface area contributed by atoms with Crippen LogP contribution in [0.4, 0.5) is 10.1 Å². The van der Waals surface area contributed by atoms with Crippen LogP contribution in [-0.2, 0) is 23.1 Å². The molecule has 0 radical (unpaired) electrons. The molecule has 0 fully saturated rings. The van der Waals surface area contributed by atoms with E-state index in [1.165, 1.54) is 36.0 Å². The summed E-state index contributed by atoms with van der Waals surface area (Å²) in [6.07, 6.45) is 5.48. The average molecular weight is 364 g/mol. The minimum atomic E-state index is -0.354. The highest BCUT2D eigenvalue weighted by Gasteiger charge is 2.06. The molecule has 0 atom stereocenters. The lowest BCUT2D eigenvalue weighted by Gasteiger charge is -2.06. The van der Waals surface area contributed by atoms with Crippen LogP contribution in [0.2, 0.25) is 0 Å². The van der Waals surface area contributed by atoms with E-state index in [0.717, 1.165) is 18.4 Å². The first-order valence-electron chi connectivity index (χ1n) is 7.90. The number of halogens is 1. The molecule has 2 rings (SSSR count). The summed E-state index contributed by atoms with van der Waals surface area (Å²) in [7, 11) is 1.87. The molecule has 25 heavy (non-hydrogen) atoms. The molecule has 2 N–H and O–H groups in total. The second kappa shape index (κ2) is 9.83. The molecule has 6 nitrogen and oxygen atoms in total. The van der Waals surface area contributed by atoms with E-state index in [2.05, 4.69) is 15.7 Å². The van der Waals surface area contributed by atoms with Gasteiger partial charge in [-0.2, -0.15) is 5.10 Å². The Bertz CT molecular complexity index is 703. The molecule has 134 valence electrons. The number of nitrogens with zero attached hydrogens (tertiary/aromatic N) is 2. The summed E-state index contributed by atoms with van der Waals surface area (Å²) in [5.74, 6) is -0.274. The zero-order valence-corrected chi connectivity index (χ0v) is 14.8. The first-order chi connectivity index (χ1) is 12.0. The zero-order chi connectivity index (χ0) is 18.1. The SMILES string of the molecule is Cn1cc(CCCNC(=O)CSCC(=O)Nc2ccc(F)cc2)cn1. The van der Waals surface area contributed by atoms with Crippen molar-refractivity contribution < 1.29 is 14.0 Å². The van der Waals surface area contributed by atoms with Gasteiger partial charge in [-0.05, 0) is 42.7 Å². The molecule has 1 aromatic heterocycles. The number of thioether (sulfide) groups is 1. The minimum Gasteiger partial charge on any atom is -0.355 e. The second-order valence-electron chi connectivity index (χ2n) is 5.52. The molecule has 2 aromatic rings. The van der Waals surface area contributed by atoms with Gasteiger partial charge in [0.15, 0.2) is 0 Å². The molecule has 0 aliphatic carbocycles. The van der Waals surface area contributed by atoms with Gasteiger partial charge in [0.2, 0.25) is 11.8 Å². The third-order valence-corrected chi connectivity index (χ3v) is 4.25. The quantitative estimate of drug-likeness (QED) is 0.667. The van der Waals surface area contributed by atoms with Crippen molar-refractivity contribution in [2.45, 2.75) is 12.8 Å². The maximum absolute atomic E-state index is 12.8. The lowest BCUT2D eigenvalue weighted by molar-refractivity contribution is -0.118. The van der Waals surface area contributed by atoms with Crippen molar-refractivity contribution in [3.05, 3.63) is 48.0 Å². The van der Waals surface area contributed by atoms with Crippen LogP contribution >= 0.6 is 11.8 Å². The predicted molar refractivity (Wildman–Crippen MR) is 96.9 cm³/mol. The maximum Gasteiger partial charge on any atom is 0.234 e. The monoisotopic (exact) mass is 364 g/mol. The van der Waals surface area contributed by atoms with Crippen LogP contribution in [0.5, 0.6) is 0 Å². The standard InChI is InChI=1S/C17H21FN4O2S/c1-22-10-13(9-20-22)3-2-8-19-16(23)11-25-12-17(24)21-15-6-4-14(18)5-7-15/h4-7,9-10H,2-3,8,11-12H2,1H3,(H,19,23)(H,21,24). The lowest BCUT2D eigenvalue weighted by atomic mass is 10.2. The van der Waals surface area contributed by atoms with E-state index in [9.17, 15) is 14.0 Å². The first-order valence-corrected chi connectivity index (χ1v) is 9.06. The topological polar surface area (TPSA) is 76.0 Å². The van der Waals surface area contributed by atoms with Crippen LogP contribution in [-0.4, -0.2) is 39.6 Å². The Balaban J connectivity index is 1.54. The normalized spacial score (nSPS) is 10.5. The summed E-state index contributed by atoms with van der Waals surface area (Å²) < 4.78 is 14.5. The number of anilines is 1. The Morgan fingerprint density at radius 3 is 2.60 bits per heavy atom. The average Bonchev–Trinajstić information content (AvgIpc) is 2.99. The van der Waals surface area contributed by atoms with Crippen LogP contribution in [0.3, 0.4) is 0 Å². The number of amides is 2. The number of nitrogens with one attached hydrogen (secondary N) is 2. The highest BCUT2D eigenvalue weighted by molar-refractivity contribution is 8.00. The van der Waals surface area contributed by atoms with Gasteiger partial charge >= 0.3 is 0 Å². The Labute approximate surface area is 150 Å². The molecule has 2 amide bonds.